The Morgan fingerprint density at radius 1 is 1.35 bits per heavy atom. The van der Waals surface area contributed by atoms with Crippen LogP contribution in [-0.2, 0) is 6.54 Å². The van der Waals surface area contributed by atoms with E-state index in [4.69, 9.17) is 11.6 Å². The van der Waals surface area contributed by atoms with Gasteiger partial charge in [0.15, 0.2) is 0 Å². The molecule has 1 N–H and O–H groups in total. The fraction of sp³-hybridized carbons (Fsp3) is 0.600. The van der Waals surface area contributed by atoms with Crippen LogP contribution in [-0.4, -0.2) is 11.0 Å². The van der Waals surface area contributed by atoms with Crippen molar-refractivity contribution in [3.05, 3.63) is 38.9 Å². The van der Waals surface area contributed by atoms with Gasteiger partial charge in [-0.15, -0.1) is 0 Å². The van der Waals surface area contributed by atoms with Gasteiger partial charge in [-0.3, -0.25) is 10.1 Å². The molecule has 0 aliphatic carbocycles. The van der Waals surface area contributed by atoms with Gasteiger partial charge in [-0.2, -0.15) is 0 Å². The lowest BCUT2D eigenvalue weighted by Gasteiger charge is -2.16. The second-order valence-corrected chi connectivity index (χ2v) is 5.43. The Balaban J connectivity index is 2.55. The Bertz CT molecular complexity index is 438. The first-order valence-corrected chi connectivity index (χ1v) is 7.62. The van der Waals surface area contributed by atoms with Crippen LogP contribution in [0.3, 0.4) is 0 Å². The third-order valence-electron chi connectivity index (χ3n) is 3.45. The van der Waals surface area contributed by atoms with E-state index >= 15 is 0 Å². The third-order valence-corrected chi connectivity index (χ3v) is 3.77. The normalized spacial score (nSPS) is 12.3. The van der Waals surface area contributed by atoms with Gasteiger partial charge in [0.1, 0.15) is 5.02 Å². The zero-order chi connectivity index (χ0) is 15.0. The lowest BCUT2D eigenvalue weighted by molar-refractivity contribution is -0.384. The van der Waals surface area contributed by atoms with Crippen molar-refractivity contribution >= 4 is 17.3 Å². The zero-order valence-corrected chi connectivity index (χ0v) is 12.9. The van der Waals surface area contributed by atoms with E-state index in [0.717, 1.165) is 18.4 Å². The van der Waals surface area contributed by atoms with Crippen LogP contribution in [0.2, 0.25) is 5.02 Å². The maximum atomic E-state index is 10.8. The second kappa shape index (κ2) is 8.93. The number of halogens is 1. The summed E-state index contributed by atoms with van der Waals surface area (Å²) in [6.45, 7) is 5.00. The van der Waals surface area contributed by atoms with Crippen molar-refractivity contribution in [2.24, 2.45) is 0 Å². The molecule has 0 aliphatic heterocycles. The summed E-state index contributed by atoms with van der Waals surface area (Å²) in [6.07, 6.45) is 5.92. The first-order valence-electron chi connectivity index (χ1n) is 7.24. The molecule has 0 saturated heterocycles. The van der Waals surface area contributed by atoms with E-state index in [1.54, 1.807) is 12.1 Å². The van der Waals surface area contributed by atoms with E-state index in [1.165, 1.54) is 19.3 Å². The van der Waals surface area contributed by atoms with Crippen LogP contribution < -0.4 is 5.32 Å². The van der Waals surface area contributed by atoms with Gasteiger partial charge < -0.3 is 5.32 Å². The predicted molar refractivity (Wildman–Crippen MR) is 83.2 cm³/mol. The van der Waals surface area contributed by atoms with E-state index in [-0.39, 0.29) is 10.7 Å². The molecule has 0 aliphatic rings. The first-order chi connectivity index (χ1) is 9.58. The van der Waals surface area contributed by atoms with Crippen LogP contribution in [0.4, 0.5) is 5.69 Å². The van der Waals surface area contributed by atoms with E-state index in [0.29, 0.717) is 12.6 Å². The molecule has 0 radical (unpaired) electrons. The van der Waals surface area contributed by atoms with Gasteiger partial charge in [0.2, 0.25) is 0 Å². The molecule has 0 spiro atoms. The maximum Gasteiger partial charge on any atom is 0.288 e. The molecule has 0 saturated carbocycles. The average molecular weight is 299 g/mol. The van der Waals surface area contributed by atoms with Gasteiger partial charge in [-0.05, 0) is 24.5 Å². The molecule has 20 heavy (non-hydrogen) atoms. The molecule has 0 aromatic heterocycles. The van der Waals surface area contributed by atoms with Crippen LogP contribution in [0.15, 0.2) is 18.2 Å². The van der Waals surface area contributed by atoms with Crippen LogP contribution in [0.5, 0.6) is 0 Å². The first kappa shape index (κ1) is 16.9. The number of nitro groups is 1. The predicted octanol–water partition coefficient (Wildman–Crippen LogP) is 4.70. The highest BCUT2D eigenvalue weighted by Gasteiger charge is 2.13. The number of rotatable bonds is 9. The molecule has 1 atom stereocenters. The Morgan fingerprint density at radius 2 is 2.10 bits per heavy atom. The molecule has 0 amide bonds. The average Bonchev–Trinajstić information content (AvgIpc) is 2.43. The SMILES string of the molecule is CCCCCC(CC)NCc1ccc(Cl)c([N+](=O)[O-])c1. The molecule has 1 aromatic rings. The Labute approximate surface area is 125 Å². The molecular formula is C15H23ClN2O2. The number of nitro benzene ring substituents is 1. The maximum absolute atomic E-state index is 10.8. The van der Waals surface area contributed by atoms with Crippen LogP contribution in [0.1, 0.15) is 51.5 Å². The lowest BCUT2D eigenvalue weighted by atomic mass is 10.1. The largest absolute Gasteiger partial charge is 0.310 e. The Hall–Kier alpha value is -1.13. The summed E-state index contributed by atoms with van der Waals surface area (Å²) < 4.78 is 0. The van der Waals surface area contributed by atoms with Gasteiger partial charge in [-0.25, -0.2) is 0 Å². The van der Waals surface area contributed by atoms with Crippen molar-refractivity contribution < 1.29 is 4.92 Å². The number of nitrogens with one attached hydrogen (secondary N) is 1. The summed E-state index contributed by atoms with van der Waals surface area (Å²) in [4.78, 5) is 10.4. The van der Waals surface area contributed by atoms with Crippen molar-refractivity contribution in [2.45, 2.75) is 58.5 Å². The number of hydrogen-bond donors (Lipinski definition) is 1. The van der Waals surface area contributed by atoms with Crippen molar-refractivity contribution in [3.8, 4) is 0 Å². The van der Waals surface area contributed by atoms with E-state index in [9.17, 15) is 10.1 Å². The monoisotopic (exact) mass is 298 g/mol. The summed E-state index contributed by atoms with van der Waals surface area (Å²) in [6, 6.07) is 5.44. The fourth-order valence-corrected chi connectivity index (χ4v) is 2.35. The van der Waals surface area contributed by atoms with Crippen LogP contribution in [0.25, 0.3) is 0 Å². The summed E-state index contributed by atoms with van der Waals surface area (Å²) in [5, 5.41) is 14.5. The number of nitrogens with zero attached hydrogens (tertiary/aromatic N) is 1. The highest BCUT2D eigenvalue weighted by Crippen LogP contribution is 2.25. The smallest absolute Gasteiger partial charge is 0.288 e. The Kier molecular flexibility index (Phi) is 7.55. The van der Waals surface area contributed by atoms with Crippen LogP contribution in [0, 0.1) is 10.1 Å². The molecule has 5 heteroatoms. The van der Waals surface area contributed by atoms with Gasteiger partial charge in [-0.1, -0.05) is 50.8 Å². The fourth-order valence-electron chi connectivity index (χ4n) is 2.16. The summed E-state index contributed by atoms with van der Waals surface area (Å²) in [5.41, 5.74) is 0.875. The molecule has 0 fully saturated rings. The lowest BCUT2D eigenvalue weighted by Crippen LogP contribution is -2.27. The molecule has 0 bridgehead atoms. The summed E-state index contributed by atoms with van der Waals surface area (Å²) in [7, 11) is 0. The topological polar surface area (TPSA) is 55.2 Å². The summed E-state index contributed by atoms with van der Waals surface area (Å²) >= 11 is 5.80. The van der Waals surface area contributed by atoms with Gasteiger partial charge in [0.05, 0.1) is 4.92 Å². The van der Waals surface area contributed by atoms with Crippen molar-refractivity contribution in [2.75, 3.05) is 0 Å². The zero-order valence-electron chi connectivity index (χ0n) is 12.2. The van der Waals surface area contributed by atoms with E-state index in [1.807, 2.05) is 6.07 Å². The van der Waals surface area contributed by atoms with Crippen molar-refractivity contribution in [3.63, 3.8) is 0 Å². The van der Waals surface area contributed by atoms with Gasteiger partial charge in [0, 0.05) is 18.7 Å². The van der Waals surface area contributed by atoms with Crippen molar-refractivity contribution in [1.82, 2.24) is 5.32 Å². The molecule has 4 nitrogen and oxygen atoms in total. The quantitative estimate of drug-likeness (QED) is 0.408. The third kappa shape index (κ3) is 5.47. The Morgan fingerprint density at radius 3 is 2.70 bits per heavy atom. The molecule has 1 aromatic carbocycles. The number of unbranched alkanes of at least 4 members (excludes halogenated alkanes) is 2. The molecule has 1 unspecified atom stereocenters. The highest BCUT2D eigenvalue weighted by atomic mass is 35.5. The minimum absolute atomic E-state index is 0.0231. The molecule has 1 rings (SSSR count). The molecular weight excluding hydrogens is 276 g/mol. The number of benzene rings is 1. The molecule has 112 valence electrons. The van der Waals surface area contributed by atoms with Crippen molar-refractivity contribution in [1.29, 1.82) is 0 Å². The summed E-state index contributed by atoms with van der Waals surface area (Å²) in [5.74, 6) is 0. The van der Waals surface area contributed by atoms with E-state index in [2.05, 4.69) is 19.2 Å². The van der Waals surface area contributed by atoms with Gasteiger partial charge >= 0.3 is 0 Å². The van der Waals surface area contributed by atoms with E-state index < -0.39 is 4.92 Å². The van der Waals surface area contributed by atoms with Gasteiger partial charge in [0.25, 0.3) is 5.69 Å². The minimum atomic E-state index is -0.440. The molecule has 0 heterocycles. The minimum Gasteiger partial charge on any atom is -0.310 e. The highest BCUT2D eigenvalue weighted by molar-refractivity contribution is 6.32. The second-order valence-electron chi connectivity index (χ2n) is 5.02. The van der Waals surface area contributed by atoms with Crippen LogP contribution >= 0.6 is 11.6 Å². The standard InChI is InChI=1S/C15H23ClN2O2/c1-3-5-6-7-13(4-2)17-11-12-8-9-14(16)15(10-12)18(19)20/h8-10,13,17H,3-7,11H2,1-2H3. The number of hydrogen-bond acceptors (Lipinski definition) is 3.